The molecule has 0 aliphatic carbocycles. The van der Waals surface area contributed by atoms with Crippen molar-refractivity contribution in [1.82, 2.24) is 15.1 Å². The molecule has 1 aromatic heterocycles. The number of rotatable bonds is 6. The van der Waals surface area contributed by atoms with E-state index in [1.165, 1.54) is 0 Å². The quantitative estimate of drug-likeness (QED) is 0.766. The minimum Gasteiger partial charge on any atom is -0.396 e. The van der Waals surface area contributed by atoms with Gasteiger partial charge < -0.3 is 10.4 Å². The zero-order valence-corrected chi connectivity index (χ0v) is 13.7. The Balaban J connectivity index is 1.96. The van der Waals surface area contributed by atoms with Gasteiger partial charge in [0.25, 0.3) is 0 Å². The molecule has 0 radical (unpaired) electrons. The molecule has 3 atom stereocenters. The van der Waals surface area contributed by atoms with Crippen molar-refractivity contribution in [1.29, 1.82) is 0 Å². The fraction of sp³-hybridized carbons (Fsp3) is 0.412. The van der Waals surface area contributed by atoms with E-state index in [-0.39, 0.29) is 30.6 Å². The summed E-state index contributed by atoms with van der Waals surface area (Å²) in [6.45, 7) is 5.82. The molecule has 6 heteroatoms. The number of carbonyl (C=O) groups excluding carboxylic acids is 1. The van der Waals surface area contributed by atoms with Crippen LogP contribution < -0.4 is 10.6 Å². The highest BCUT2D eigenvalue weighted by molar-refractivity contribution is 5.88. The van der Waals surface area contributed by atoms with Crippen molar-refractivity contribution in [2.45, 2.75) is 32.9 Å². The van der Waals surface area contributed by atoms with Gasteiger partial charge in [0.1, 0.15) is 0 Å². The number of nitrogens with zero attached hydrogens (tertiary/aromatic N) is 2. The third-order valence-corrected chi connectivity index (χ3v) is 4.03. The lowest BCUT2D eigenvalue weighted by molar-refractivity contribution is 0.204. The number of nitrogens with one attached hydrogen (secondary N) is 2. The van der Waals surface area contributed by atoms with Crippen LogP contribution in [0.25, 0.3) is 0 Å². The molecule has 2 rings (SSSR count). The first kappa shape index (κ1) is 17.0. The van der Waals surface area contributed by atoms with Crippen molar-refractivity contribution in [2.24, 2.45) is 5.92 Å². The van der Waals surface area contributed by atoms with E-state index in [2.05, 4.69) is 22.7 Å². The molecule has 1 aromatic carbocycles. The maximum Gasteiger partial charge on any atom is 0.320 e. The molecule has 0 aliphatic rings. The van der Waals surface area contributed by atoms with Gasteiger partial charge in [-0.1, -0.05) is 37.3 Å². The molecular weight excluding hydrogens is 292 g/mol. The topological polar surface area (TPSA) is 79.2 Å². The minimum atomic E-state index is -0.324. The number of benzene rings is 1. The van der Waals surface area contributed by atoms with Gasteiger partial charge in [-0.25, -0.2) is 4.79 Å². The highest BCUT2D eigenvalue weighted by Gasteiger charge is 2.15. The van der Waals surface area contributed by atoms with Gasteiger partial charge in [0.2, 0.25) is 0 Å². The lowest BCUT2D eigenvalue weighted by Crippen LogP contribution is -2.40. The lowest BCUT2D eigenvalue weighted by atomic mass is 10.1. The molecule has 1 heterocycles. The summed E-state index contributed by atoms with van der Waals surface area (Å²) in [4.78, 5) is 11.9. The summed E-state index contributed by atoms with van der Waals surface area (Å²) in [6.07, 6.45) is 1.84. The third kappa shape index (κ3) is 4.56. The van der Waals surface area contributed by atoms with Gasteiger partial charge in [0.15, 0.2) is 5.82 Å². The fourth-order valence-electron chi connectivity index (χ4n) is 2.16. The number of urea groups is 1. The molecule has 23 heavy (non-hydrogen) atoms. The molecule has 0 aliphatic heterocycles. The Morgan fingerprint density at radius 3 is 2.57 bits per heavy atom. The zero-order chi connectivity index (χ0) is 16.8. The van der Waals surface area contributed by atoms with Gasteiger partial charge in [0.05, 0.1) is 6.04 Å². The van der Waals surface area contributed by atoms with E-state index >= 15 is 0 Å². The molecule has 6 nitrogen and oxygen atoms in total. The predicted molar refractivity (Wildman–Crippen MR) is 90.3 cm³/mol. The van der Waals surface area contributed by atoms with Crippen LogP contribution in [0.4, 0.5) is 10.6 Å². The second kappa shape index (κ2) is 7.78. The molecule has 2 amide bonds. The first-order chi connectivity index (χ1) is 11.0. The summed E-state index contributed by atoms with van der Waals surface area (Å²) in [6, 6.07) is 11.5. The number of hydrogen-bond donors (Lipinski definition) is 3. The van der Waals surface area contributed by atoms with E-state index < -0.39 is 0 Å². The van der Waals surface area contributed by atoms with Crippen LogP contribution >= 0.6 is 0 Å². The van der Waals surface area contributed by atoms with E-state index in [0.717, 1.165) is 5.56 Å². The Bertz CT molecular complexity index is 627. The van der Waals surface area contributed by atoms with Gasteiger partial charge in [-0.2, -0.15) is 5.10 Å². The Morgan fingerprint density at radius 1 is 1.22 bits per heavy atom. The molecule has 2 aromatic rings. The first-order valence-corrected chi connectivity index (χ1v) is 7.79. The number of aliphatic hydroxyl groups excluding tert-OH is 1. The van der Waals surface area contributed by atoms with E-state index in [1.54, 1.807) is 6.07 Å². The number of anilines is 1. The van der Waals surface area contributed by atoms with E-state index in [1.807, 2.05) is 55.1 Å². The van der Waals surface area contributed by atoms with Crippen molar-refractivity contribution in [3.05, 3.63) is 48.2 Å². The second-order valence-electron chi connectivity index (χ2n) is 5.81. The highest BCUT2D eigenvalue weighted by atomic mass is 16.3. The zero-order valence-electron chi connectivity index (χ0n) is 13.7. The van der Waals surface area contributed by atoms with Crippen molar-refractivity contribution in [3.63, 3.8) is 0 Å². The van der Waals surface area contributed by atoms with Gasteiger partial charge in [-0.3, -0.25) is 10.00 Å². The number of aromatic nitrogens is 2. The average molecular weight is 316 g/mol. The maximum atomic E-state index is 11.9. The van der Waals surface area contributed by atoms with Crippen molar-refractivity contribution >= 4 is 11.8 Å². The highest BCUT2D eigenvalue weighted by Crippen LogP contribution is 2.17. The minimum absolute atomic E-state index is 0.00332. The fourth-order valence-corrected chi connectivity index (χ4v) is 2.16. The number of hydrogen-bond acceptors (Lipinski definition) is 3. The molecule has 0 saturated heterocycles. The van der Waals surface area contributed by atoms with E-state index in [9.17, 15) is 4.79 Å². The van der Waals surface area contributed by atoms with Gasteiger partial charge in [-0.05, 0) is 25.3 Å². The van der Waals surface area contributed by atoms with Crippen LogP contribution in [0.2, 0.25) is 0 Å². The molecule has 0 spiro atoms. The number of amides is 2. The molecular formula is C17H24N4O2. The summed E-state index contributed by atoms with van der Waals surface area (Å²) < 4.78 is 1.81. The Morgan fingerprint density at radius 2 is 1.91 bits per heavy atom. The molecule has 0 bridgehead atoms. The largest absolute Gasteiger partial charge is 0.396 e. The SMILES string of the molecule is CC(CO)C(C)NC(=O)Nc1ccn(C(C)c2ccccc2)n1. The number of aliphatic hydroxyl groups is 1. The molecule has 3 N–H and O–H groups in total. The summed E-state index contributed by atoms with van der Waals surface area (Å²) in [7, 11) is 0. The predicted octanol–water partition coefficient (Wildman–Crippen LogP) is 2.63. The van der Waals surface area contributed by atoms with Gasteiger partial charge in [0, 0.05) is 24.9 Å². The van der Waals surface area contributed by atoms with Crippen LogP contribution in [0.3, 0.4) is 0 Å². The summed E-state index contributed by atoms with van der Waals surface area (Å²) in [5.41, 5.74) is 1.15. The van der Waals surface area contributed by atoms with Crippen LogP contribution in [0.15, 0.2) is 42.6 Å². The summed E-state index contributed by atoms with van der Waals surface area (Å²) in [5, 5.41) is 19.0. The van der Waals surface area contributed by atoms with Gasteiger partial charge >= 0.3 is 6.03 Å². The molecule has 0 fully saturated rings. The molecule has 124 valence electrons. The van der Waals surface area contributed by atoms with Crippen LogP contribution in [-0.4, -0.2) is 33.6 Å². The average Bonchev–Trinajstić information content (AvgIpc) is 3.02. The first-order valence-electron chi connectivity index (χ1n) is 7.79. The monoisotopic (exact) mass is 316 g/mol. The second-order valence-corrected chi connectivity index (χ2v) is 5.81. The standard InChI is InChI=1S/C17H24N4O2/c1-12(11-22)13(2)18-17(23)19-16-9-10-21(20-16)14(3)15-7-5-4-6-8-15/h4-10,12-14,22H,11H2,1-3H3,(H2,18,19,20,23). The van der Waals surface area contributed by atoms with Crippen molar-refractivity contribution in [2.75, 3.05) is 11.9 Å². The normalized spacial score (nSPS) is 14.8. The van der Waals surface area contributed by atoms with Crippen LogP contribution in [-0.2, 0) is 0 Å². The van der Waals surface area contributed by atoms with E-state index in [0.29, 0.717) is 5.82 Å². The Labute approximate surface area is 136 Å². The lowest BCUT2D eigenvalue weighted by Gasteiger charge is -2.19. The smallest absolute Gasteiger partial charge is 0.320 e. The molecule has 3 unspecified atom stereocenters. The van der Waals surface area contributed by atoms with Gasteiger partial charge in [-0.15, -0.1) is 0 Å². The van der Waals surface area contributed by atoms with E-state index in [4.69, 9.17) is 5.11 Å². The third-order valence-electron chi connectivity index (χ3n) is 4.03. The van der Waals surface area contributed by atoms with Crippen LogP contribution in [0, 0.1) is 5.92 Å². The maximum absolute atomic E-state index is 11.9. The van der Waals surface area contributed by atoms with Crippen LogP contribution in [0.1, 0.15) is 32.4 Å². The summed E-state index contributed by atoms with van der Waals surface area (Å²) >= 11 is 0. The Kier molecular flexibility index (Phi) is 5.76. The van der Waals surface area contributed by atoms with Crippen molar-refractivity contribution < 1.29 is 9.90 Å². The Hall–Kier alpha value is -2.34. The molecule has 0 saturated carbocycles. The number of carbonyl (C=O) groups is 1. The van der Waals surface area contributed by atoms with Crippen molar-refractivity contribution in [3.8, 4) is 0 Å². The van der Waals surface area contributed by atoms with Crippen LogP contribution in [0.5, 0.6) is 0 Å². The summed E-state index contributed by atoms with van der Waals surface area (Å²) in [5.74, 6) is 0.491.